The van der Waals surface area contributed by atoms with Gasteiger partial charge in [0, 0.05) is 29.4 Å². The predicted octanol–water partition coefficient (Wildman–Crippen LogP) is 3.70. The number of rotatable bonds is 6. The van der Waals surface area contributed by atoms with Crippen LogP contribution >= 0.6 is 23.2 Å². The molecule has 1 aliphatic rings. The van der Waals surface area contributed by atoms with Crippen LogP contribution in [0, 0.1) is 0 Å². The molecule has 1 unspecified atom stereocenters. The summed E-state index contributed by atoms with van der Waals surface area (Å²) in [7, 11) is -3.87. The molecular formula is C18H18Cl2N2O4S. The molecule has 0 radical (unpaired) electrons. The summed E-state index contributed by atoms with van der Waals surface area (Å²) in [6.07, 6.45) is 1.57. The van der Waals surface area contributed by atoms with Gasteiger partial charge in [0.05, 0.1) is 11.1 Å². The molecule has 144 valence electrons. The number of benzene rings is 2. The van der Waals surface area contributed by atoms with Gasteiger partial charge in [0.2, 0.25) is 10.0 Å². The van der Waals surface area contributed by atoms with Crippen molar-refractivity contribution in [2.75, 3.05) is 18.5 Å². The number of carbonyl (C=O) groups excluding carboxylic acids is 1. The number of sulfonamides is 1. The zero-order valence-corrected chi connectivity index (χ0v) is 16.6. The molecule has 2 aromatic rings. The molecule has 1 atom stereocenters. The lowest BCUT2D eigenvalue weighted by molar-refractivity contribution is 0.102. The van der Waals surface area contributed by atoms with E-state index in [1.807, 2.05) is 0 Å². The topological polar surface area (TPSA) is 84.5 Å². The van der Waals surface area contributed by atoms with Crippen LogP contribution in [0.4, 0.5) is 5.69 Å². The van der Waals surface area contributed by atoms with Crippen molar-refractivity contribution in [3.8, 4) is 0 Å². The van der Waals surface area contributed by atoms with E-state index < -0.39 is 15.9 Å². The van der Waals surface area contributed by atoms with Crippen LogP contribution in [0.2, 0.25) is 10.0 Å². The molecule has 1 saturated heterocycles. The summed E-state index contributed by atoms with van der Waals surface area (Å²) in [6, 6.07) is 10.7. The van der Waals surface area contributed by atoms with Crippen molar-refractivity contribution in [2.45, 2.75) is 23.8 Å². The summed E-state index contributed by atoms with van der Waals surface area (Å²) in [5.41, 5.74) is 0.715. The number of hydrogen-bond donors (Lipinski definition) is 2. The fourth-order valence-electron chi connectivity index (χ4n) is 2.67. The lowest BCUT2D eigenvalue weighted by atomic mass is 10.2. The molecule has 1 heterocycles. The van der Waals surface area contributed by atoms with E-state index in [0.717, 1.165) is 12.8 Å². The Labute approximate surface area is 167 Å². The third-order valence-corrected chi connectivity index (χ3v) is 6.27. The summed E-state index contributed by atoms with van der Waals surface area (Å²) in [5, 5.41) is 3.27. The minimum atomic E-state index is -3.87. The van der Waals surface area contributed by atoms with Crippen molar-refractivity contribution in [2.24, 2.45) is 0 Å². The highest BCUT2D eigenvalue weighted by molar-refractivity contribution is 7.89. The first-order chi connectivity index (χ1) is 12.8. The third-order valence-electron chi connectivity index (χ3n) is 4.11. The first-order valence-corrected chi connectivity index (χ1v) is 10.6. The summed E-state index contributed by atoms with van der Waals surface area (Å²) >= 11 is 11.9. The second kappa shape index (κ2) is 8.58. The van der Waals surface area contributed by atoms with Gasteiger partial charge in [-0.05, 0) is 55.3 Å². The number of amides is 1. The van der Waals surface area contributed by atoms with E-state index in [-0.39, 0.29) is 28.1 Å². The van der Waals surface area contributed by atoms with Crippen LogP contribution in [0.25, 0.3) is 0 Å². The van der Waals surface area contributed by atoms with Crippen LogP contribution in [0.5, 0.6) is 0 Å². The molecule has 6 nitrogen and oxygen atoms in total. The Kier molecular flexibility index (Phi) is 6.39. The second-order valence-corrected chi connectivity index (χ2v) is 8.67. The van der Waals surface area contributed by atoms with Crippen molar-refractivity contribution < 1.29 is 17.9 Å². The van der Waals surface area contributed by atoms with Crippen LogP contribution < -0.4 is 10.0 Å². The first-order valence-electron chi connectivity index (χ1n) is 8.33. The highest BCUT2D eigenvalue weighted by Gasteiger charge is 2.23. The maximum atomic E-state index is 12.6. The quantitative estimate of drug-likeness (QED) is 0.734. The average molecular weight is 429 g/mol. The zero-order valence-electron chi connectivity index (χ0n) is 14.2. The van der Waals surface area contributed by atoms with Crippen LogP contribution in [0.1, 0.15) is 23.2 Å². The SMILES string of the molecule is O=C(Nc1ccc(Cl)cc1)c1ccc(Cl)c(S(=O)(=O)NCC2CCCO2)c1. The van der Waals surface area contributed by atoms with Gasteiger partial charge in [0.1, 0.15) is 4.90 Å². The van der Waals surface area contributed by atoms with Gasteiger partial charge < -0.3 is 10.1 Å². The fourth-order valence-corrected chi connectivity index (χ4v) is 4.39. The molecule has 9 heteroatoms. The van der Waals surface area contributed by atoms with Gasteiger partial charge in [0.25, 0.3) is 5.91 Å². The Morgan fingerprint density at radius 3 is 2.56 bits per heavy atom. The zero-order chi connectivity index (χ0) is 19.4. The van der Waals surface area contributed by atoms with Crippen molar-refractivity contribution in [1.29, 1.82) is 0 Å². The highest BCUT2D eigenvalue weighted by Crippen LogP contribution is 2.24. The molecule has 1 aliphatic heterocycles. The first kappa shape index (κ1) is 20.1. The molecule has 1 fully saturated rings. The molecular weight excluding hydrogens is 411 g/mol. The molecule has 0 aromatic heterocycles. The van der Waals surface area contributed by atoms with E-state index in [2.05, 4.69) is 10.0 Å². The monoisotopic (exact) mass is 428 g/mol. The Morgan fingerprint density at radius 2 is 1.89 bits per heavy atom. The molecule has 0 aliphatic carbocycles. The van der Waals surface area contributed by atoms with Gasteiger partial charge in [-0.3, -0.25) is 4.79 Å². The van der Waals surface area contributed by atoms with E-state index >= 15 is 0 Å². The molecule has 0 spiro atoms. The van der Waals surface area contributed by atoms with Crippen LogP contribution in [-0.2, 0) is 14.8 Å². The second-order valence-electron chi connectivity index (χ2n) is 6.09. The Balaban J connectivity index is 1.76. The summed E-state index contributed by atoms with van der Waals surface area (Å²) in [6.45, 7) is 0.799. The lowest BCUT2D eigenvalue weighted by Gasteiger charge is -2.13. The van der Waals surface area contributed by atoms with Gasteiger partial charge in [0.15, 0.2) is 0 Å². The number of hydrogen-bond acceptors (Lipinski definition) is 4. The number of ether oxygens (including phenoxy) is 1. The molecule has 0 bridgehead atoms. The minimum Gasteiger partial charge on any atom is -0.377 e. The van der Waals surface area contributed by atoms with Gasteiger partial charge in [-0.25, -0.2) is 13.1 Å². The molecule has 3 rings (SSSR count). The predicted molar refractivity (Wildman–Crippen MR) is 105 cm³/mol. The third kappa shape index (κ3) is 5.21. The van der Waals surface area contributed by atoms with E-state index in [1.54, 1.807) is 24.3 Å². The summed E-state index contributed by atoms with van der Waals surface area (Å²) < 4.78 is 33.1. The van der Waals surface area contributed by atoms with E-state index in [4.69, 9.17) is 27.9 Å². The smallest absolute Gasteiger partial charge is 0.255 e. The lowest BCUT2D eigenvalue weighted by Crippen LogP contribution is -2.32. The maximum absolute atomic E-state index is 12.6. The summed E-state index contributed by atoms with van der Waals surface area (Å²) in [4.78, 5) is 12.3. The van der Waals surface area contributed by atoms with Crippen LogP contribution in [0.3, 0.4) is 0 Å². The van der Waals surface area contributed by atoms with Crippen LogP contribution in [0.15, 0.2) is 47.4 Å². The largest absolute Gasteiger partial charge is 0.377 e. The Hall–Kier alpha value is -1.64. The fraction of sp³-hybridized carbons (Fsp3) is 0.278. The van der Waals surface area contributed by atoms with Gasteiger partial charge in [-0.2, -0.15) is 0 Å². The van der Waals surface area contributed by atoms with E-state index in [1.165, 1.54) is 18.2 Å². The van der Waals surface area contributed by atoms with Gasteiger partial charge in [-0.15, -0.1) is 0 Å². The van der Waals surface area contributed by atoms with Crippen molar-refractivity contribution in [1.82, 2.24) is 4.72 Å². The van der Waals surface area contributed by atoms with Crippen LogP contribution in [-0.4, -0.2) is 33.6 Å². The Bertz CT molecular complexity index is 927. The normalized spacial score (nSPS) is 17.0. The molecule has 2 aromatic carbocycles. The highest BCUT2D eigenvalue weighted by atomic mass is 35.5. The molecule has 2 N–H and O–H groups in total. The molecule has 1 amide bonds. The number of carbonyl (C=O) groups is 1. The van der Waals surface area contributed by atoms with Crippen molar-refractivity contribution in [3.63, 3.8) is 0 Å². The molecule has 0 saturated carbocycles. The number of anilines is 1. The standard InChI is InChI=1S/C18H18Cl2N2O4S/c19-13-4-6-14(7-5-13)22-18(23)12-3-8-16(20)17(10-12)27(24,25)21-11-15-2-1-9-26-15/h3-8,10,15,21H,1-2,9,11H2,(H,22,23). The van der Waals surface area contributed by atoms with Gasteiger partial charge >= 0.3 is 0 Å². The minimum absolute atomic E-state index is 0.0397. The van der Waals surface area contributed by atoms with Crippen molar-refractivity contribution in [3.05, 3.63) is 58.1 Å². The van der Waals surface area contributed by atoms with Gasteiger partial charge in [-0.1, -0.05) is 23.2 Å². The van der Waals surface area contributed by atoms with Crippen molar-refractivity contribution >= 4 is 44.8 Å². The van der Waals surface area contributed by atoms with E-state index in [9.17, 15) is 13.2 Å². The Morgan fingerprint density at radius 1 is 1.15 bits per heavy atom. The molecule has 27 heavy (non-hydrogen) atoms. The number of nitrogens with one attached hydrogen (secondary N) is 2. The number of halogens is 2. The average Bonchev–Trinajstić information content (AvgIpc) is 3.16. The van der Waals surface area contributed by atoms with E-state index in [0.29, 0.717) is 17.3 Å². The maximum Gasteiger partial charge on any atom is 0.255 e. The summed E-state index contributed by atoms with van der Waals surface area (Å²) in [5.74, 6) is -0.454.